The molecule has 3 aliphatic carbocycles. The van der Waals surface area contributed by atoms with Gasteiger partial charge in [0.05, 0.1) is 0 Å². The molecule has 4 N–H and O–H groups in total. The molecule has 4 aliphatic rings. The first kappa shape index (κ1) is 69.3. The summed E-state index contributed by atoms with van der Waals surface area (Å²) in [5, 5.41) is 0. The molecule has 1 saturated heterocycles. The van der Waals surface area contributed by atoms with Crippen molar-refractivity contribution in [3.05, 3.63) is 5.73 Å². The predicted molar refractivity (Wildman–Crippen MR) is 194 cm³/mol. The van der Waals surface area contributed by atoms with Gasteiger partial charge in [-0.15, -0.1) is 5.54 Å². The van der Waals surface area contributed by atoms with Crippen LogP contribution in [0.3, 0.4) is 0 Å². The Kier molecular flexibility index (Phi) is 39.2. The van der Waals surface area contributed by atoms with Crippen LogP contribution in [0.5, 0.6) is 0 Å². The Hall–Kier alpha value is 0.552. The molecule has 0 spiro atoms. The standard InChI is InChI=1S/C11H22.2C5H10.C4H10N.C4H8O.3CHF3O3S.Ir.Zr/c1-6-11-9(4)7(2)8(3)10(11)5;2*1-2-4-5-3-1;1-4(2,3)5;1-2-4-5-3-1;3*2-1(3,4)8(5,6)7;;/h7-11H,6H2,1-5H3;2*1-5H2;5H,1-3H3;1-4H2;3*(H,5,6,7);;/q;;;-1;;;;;;+2. The van der Waals surface area contributed by atoms with E-state index in [1.807, 2.05) is 20.8 Å². The Morgan fingerprint density at radius 2 is 0.667 bits per heavy atom. The number of alkyl halides is 9. The zero-order chi connectivity index (χ0) is 44.7. The van der Waals surface area contributed by atoms with Gasteiger partial charge in [0.1, 0.15) is 0 Å². The monoisotopic (exact) mass is 1170 g/mol. The van der Waals surface area contributed by atoms with Gasteiger partial charge in [0.15, 0.2) is 0 Å². The summed E-state index contributed by atoms with van der Waals surface area (Å²) in [6.07, 6.45) is 18.9. The first-order valence-corrected chi connectivity index (χ1v) is 22.1. The van der Waals surface area contributed by atoms with Crippen molar-refractivity contribution in [3.8, 4) is 0 Å². The normalized spacial score (nSPS) is 23.2. The molecule has 4 atom stereocenters. The quantitative estimate of drug-likeness (QED) is 0.129. The summed E-state index contributed by atoms with van der Waals surface area (Å²) in [4.78, 5) is 0. The maximum absolute atomic E-state index is 10.7. The van der Waals surface area contributed by atoms with Crippen molar-refractivity contribution in [2.24, 2.45) is 29.6 Å². The minimum atomic E-state index is -5.84. The Morgan fingerprint density at radius 3 is 0.737 bits per heavy atom. The Bertz CT molecular complexity index is 1140. The Balaban J connectivity index is -0.000000132. The molecule has 0 amide bonds. The average molecular weight is 1170 g/mol. The van der Waals surface area contributed by atoms with Gasteiger partial charge >= 0.3 is 73.1 Å². The van der Waals surface area contributed by atoms with Crippen LogP contribution in [-0.2, 0) is 81.4 Å². The van der Waals surface area contributed by atoms with E-state index in [-0.39, 0.29) is 51.8 Å². The van der Waals surface area contributed by atoms with Crippen LogP contribution < -0.4 is 0 Å². The van der Waals surface area contributed by atoms with Crippen molar-refractivity contribution in [2.75, 3.05) is 13.2 Å². The molecular weight excluding hydrogens is 1110 g/mol. The van der Waals surface area contributed by atoms with Crippen molar-refractivity contribution < 1.29 is 129 Å². The van der Waals surface area contributed by atoms with Gasteiger partial charge in [0.25, 0.3) is 0 Å². The van der Waals surface area contributed by atoms with Gasteiger partial charge in [0.2, 0.25) is 0 Å². The average Bonchev–Trinajstić information content (AvgIpc) is 3.82. The van der Waals surface area contributed by atoms with E-state index in [4.69, 9.17) is 49.4 Å². The predicted octanol–water partition coefficient (Wildman–Crippen LogP) is 11.3. The van der Waals surface area contributed by atoms with Crippen molar-refractivity contribution >= 4 is 30.4 Å². The molecule has 0 aromatic carbocycles. The third-order valence-electron chi connectivity index (χ3n) is 8.51. The molecule has 4 rings (SSSR count). The summed E-state index contributed by atoms with van der Waals surface area (Å²) in [6.45, 7) is 19.6. The van der Waals surface area contributed by atoms with Crippen molar-refractivity contribution in [1.29, 1.82) is 0 Å². The van der Waals surface area contributed by atoms with Gasteiger partial charge in [-0.1, -0.05) is 126 Å². The minimum Gasteiger partial charge on any atom is -0.673 e. The zero-order valence-electron chi connectivity index (χ0n) is 33.7. The van der Waals surface area contributed by atoms with Crippen LogP contribution in [0.4, 0.5) is 39.5 Å². The molecule has 57 heavy (non-hydrogen) atoms. The van der Waals surface area contributed by atoms with Crippen molar-refractivity contribution in [2.45, 2.75) is 161 Å². The Morgan fingerprint density at radius 1 is 0.509 bits per heavy atom. The van der Waals surface area contributed by atoms with E-state index in [0.29, 0.717) is 0 Å². The number of halogens is 9. The molecular formula is C32H63F9IrNO10S3Zr+. The molecule has 4 fully saturated rings. The third-order valence-corrected chi connectivity index (χ3v) is 10.3. The molecule has 3 saturated carbocycles. The van der Waals surface area contributed by atoms with Crippen molar-refractivity contribution in [1.82, 2.24) is 0 Å². The summed E-state index contributed by atoms with van der Waals surface area (Å²) < 4.78 is 178. The second-order valence-corrected chi connectivity index (χ2v) is 18.6. The topological polar surface area (TPSA) is 196 Å². The Labute approximate surface area is 367 Å². The number of hydrogen-bond donors (Lipinski definition) is 3. The van der Waals surface area contributed by atoms with Crippen LogP contribution in [0, 0.1) is 29.6 Å². The molecule has 1 heterocycles. The smallest absolute Gasteiger partial charge is 0.673 e. The number of ether oxygens (including phenoxy) is 1. The summed E-state index contributed by atoms with van der Waals surface area (Å²) in [5.74, 6) is 4.76. The van der Waals surface area contributed by atoms with Crippen LogP contribution in [-0.4, -0.2) is 74.2 Å². The van der Waals surface area contributed by atoms with Gasteiger partial charge in [-0.3, -0.25) is 13.7 Å². The van der Waals surface area contributed by atoms with Gasteiger partial charge in [-0.05, 0) is 42.4 Å². The van der Waals surface area contributed by atoms with Gasteiger partial charge < -0.3 is 10.5 Å². The van der Waals surface area contributed by atoms with E-state index in [1.165, 1.54) is 83.5 Å². The molecule has 1 radical (unpaired) electrons. The molecule has 0 aromatic rings. The van der Waals surface area contributed by atoms with Crippen LogP contribution in [0.15, 0.2) is 0 Å². The first-order valence-electron chi connectivity index (χ1n) is 17.8. The fraction of sp³-hybridized carbons (Fsp3) is 1.00. The molecule has 11 nitrogen and oxygen atoms in total. The van der Waals surface area contributed by atoms with E-state index in [1.54, 1.807) is 0 Å². The fourth-order valence-corrected chi connectivity index (χ4v) is 5.24. The molecule has 349 valence electrons. The number of rotatable bonds is 1. The maximum Gasteiger partial charge on any atom is 2.00 e. The van der Waals surface area contributed by atoms with Crippen LogP contribution in [0.2, 0.25) is 0 Å². The summed E-state index contributed by atoms with van der Waals surface area (Å²) in [5.41, 5.74) is -9.92. The van der Waals surface area contributed by atoms with Crippen LogP contribution in [0.1, 0.15) is 139 Å². The molecule has 1 aliphatic heterocycles. The fourth-order valence-electron chi connectivity index (χ4n) is 5.24. The maximum atomic E-state index is 10.7. The minimum absolute atomic E-state index is 0. The number of nitrogens with one attached hydrogen (secondary N) is 1. The van der Waals surface area contributed by atoms with Crippen LogP contribution >= 0.6 is 0 Å². The number of hydrogen-bond acceptors (Lipinski definition) is 7. The summed E-state index contributed by atoms with van der Waals surface area (Å²) >= 11 is 0. The van der Waals surface area contributed by atoms with Gasteiger partial charge in [0, 0.05) is 33.3 Å². The first-order chi connectivity index (χ1) is 24.3. The molecule has 4 unspecified atom stereocenters. The van der Waals surface area contributed by atoms with E-state index < -0.39 is 46.9 Å². The van der Waals surface area contributed by atoms with E-state index >= 15 is 0 Å². The van der Waals surface area contributed by atoms with E-state index in [2.05, 4.69) is 34.6 Å². The van der Waals surface area contributed by atoms with Crippen molar-refractivity contribution in [3.63, 3.8) is 0 Å². The van der Waals surface area contributed by atoms with E-state index in [9.17, 15) is 39.5 Å². The summed E-state index contributed by atoms with van der Waals surface area (Å²) in [7, 11) is -17.5. The zero-order valence-corrected chi connectivity index (χ0v) is 41.0. The molecule has 0 bridgehead atoms. The third kappa shape index (κ3) is 40.4. The van der Waals surface area contributed by atoms with Gasteiger partial charge in [-0.25, -0.2) is 0 Å². The summed E-state index contributed by atoms with van der Waals surface area (Å²) in [6, 6.07) is 0. The molecule has 0 aromatic heterocycles. The SMILES string of the molecule is C1CCCC1.C1CCCC1.C1CCOC1.CC(C)(C)[NH-].CCC1C(C)C(C)C(C)C1C.O=S(=O)(O)C(F)(F)F.O=S(=O)(O)C(F)(F)F.O=S(=O)(O)C(F)(F)F.[Ir].[Zr+2]. The molecule has 25 heteroatoms. The second-order valence-electron chi connectivity index (χ2n) is 14.4. The largest absolute Gasteiger partial charge is 2.00 e. The van der Waals surface area contributed by atoms with Gasteiger partial charge in [-0.2, -0.15) is 64.8 Å². The second kappa shape index (κ2) is 32.3. The van der Waals surface area contributed by atoms with Crippen LogP contribution in [0.25, 0.3) is 5.73 Å². The van der Waals surface area contributed by atoms with E-state index in [0.717, 1.165) is 42.8 Å².